The van der Waals surface area contributed by atoms with E-state index in [1.807, 2.05) is 0 Å². The number of nitrogens with one attached hydrogen (secondary N) is 1. The molecule has 2 rings (SSSR count). The van der Waals surface area contributed by atoms with Gasteiger partial charge in [-0.25, -0.2) is 21.2 Å². The molecule has 1 aliphatic rings. The minimum atomic E-state index is -3.95. The minimum Gasteiger partial charge on any atom is -0.284 e. The van der Waals surface area contributed by atoms with E-state index >= 15 is 0 Å². The zero-order valence-electron chi connectivity index (χ0n) is 13.1. The van der Waals surface area contributed by atoms with Gasteiger partial charge in [0.1, 0.15) is 10.7 Å². The number of nitrogens with zero attached hydrogens (tertiary/aromatic N) is 1. The van der Waals surface area contributed by atoms with Crippen molar-refractivity contribution in [1.29, 1.82) is 0 Å². The first kappa shape index (κ1) is 18.2. The van der Waals surface area contributed by atoms with Gasteiger partial charge in [0, 0.05) is 13.1 Å². The highest BCUT2D eigenvalue weighted by molar-refractivity contribution is 7.92. The minimum absolute atomic E-state index is 0.00994. The molecule has 0 saturated heterocycles. The third kappa shape index (κ3) is 4.42. The van der Waals surface area contributed by atoms with Gasteiger partial charge in [-0.2, -0.15) is 4.31 Å². The fourth-order valence-electron chi connectivity index (χ4n) is 2.78. The van der Waals surface area contributed by atoms with Crippen molar-refractivity contribution in [2.75, 3.05) is 18.0 Å². The normalized spacial score (nSPS) is 17.4. The second kappa shape index (κ2) is 6.74. The highest BCUT2D eigenvalue weighted by Gasteiger charge is 2.31. The number of hydrogen-bond acceptors (Lipinski definition) is 4. The molecule has 0 radical (unpaired) electrons. The van der Waals surface area contributed by atoms with Gasteiger partial charge in [-0.05, 0) is 31.0 Å². The smallest absolute Gasteiger partial charge is 0.245 e. The molecule has 23 heavy (non-hydrogen) atoms. The summed E-state index contributed by atoms with van der Waals surface area (Å²) in [5.41, 5.74) is -0.00994. The van der Waals surface area contributed by atoms with Crippen LogP contribution in [0.4, 0.5) is 10.1 Å². The summed E-state index contributed by atoms with van der Waals surface area (Å²) in [7, 11) is -6.04. The molecule has 9 heteroatoms. The summed E-state index contributed by atoms with van der Waals surface area (Å²) in [6.45, 7) is 0. The molecule has 0 atom stereocenters. The topological polar surface area (TPSA) is 83.6 Å². The van der Waals surface area contributed by atoms with Crippen molar-refractivity contribution in [3.05, 3.63) is 24.0 Å². The third-order valence-corrected chi connectivity index (χ3v) is 6.53. The van der Waals surface area contributed by atoms with Crippen molar-refractivity contribution in [2.24, 2.45) is 0 Å². The lowest BCUT2D eigenvalue weighted by atomic mass is 9.96. The molecular weight excluding hydrogens is 343 g/mol. The van der Waals surface area contributed by atoms with Crippen molar-refractivity contribution < 1.29 is 21.2 Å². The van der Waals surface area contributed by atoms with E-state index in [1.54, 1.807) is 0 Å². The van der Waals surface area contributed by atoms with Crippen LogP contribution in [0.5, 0.6) is 0 Å². The van der Waals surface area contributed by atoms with E-state index in [1.165, 1.54) is 17.4 Å². The number of rotatable bonds is 5. The predicted molar refractivity (Wildman–Crippen MR) is 86.7 cm³/mol. The average Bonchev–Trinajstić information content (AvgIpc) is 2.45. The fraction of sp³-hybridized carbons (Fsp3) is 0.571. The Kier molecular flexibility index (Phi) is 5.32. The summed E-state index contributed by atoms with van der Waals surface area (Å²) >= 11 is 0. The summed E-state index contributed by atoms with van der Waals surface area (Å²) in [6, 6.07) is 3.09. The number of hydrogen-bond donors (Lipinski definition) is 1. The quantitative estimate of drug-likeness (QED) is 0.868. The Labute approximate surface area is 136 Å². The first-order valence-corrected chi connectivity index (χ1v) is 10.7. The van der Waals surface area contributed by atoms with Crippen LogP contribution in [0, 0.1) is 5.82 Å². The van der Waals surface area contributed by atoms with Gasteiger partial charge < -0.3 is 0 Å². The van der Waals surface area contributed by atoms with Gasteiger partial charge in [-0.3, -0.25) is 4.72 Å². The van der Waals surface area contributed by atoms with Gasteiger partial charge in [0.15, 0.2) is 0 Å². The summed E-state index contributed by atoms with van der Waals surface area (Å²) in [6.07, 6.45) is 5.49. The Balaban J connectivity index is 2.29. The second-order valence-corrected chi connectivity index (χ2v) is 9.55. The van der Waals surface area contributed by atoms with Gasteiger partial charge in [-0.15, -0.1) is 0 Å². The van der Waals surface area contributed by atoms with Crippen molar-refractivity contribution in [3.63, 3.8) is 0 Å². The largest absolute Gasteiger partial charge is 0.284 e. The molecule has 0 bridgehead atoms. The standard InChI is InChI=1S/C14H21FN2O4S2/c1-17(12-6-4-3-5-7-12)23(20,21)14-9-8-11(10-13(14)15)16-22(2,18)19/h8-10,12,16H,3-7H2,1-2H3. The Morgan fingerprint density at radius 1 is 1.13 bits per heavy atom. The van der Waals surface area contributed by atoms with Crippen LogP contribution in [0.15, 0.2) is 23.1 Å². The molecule has 1 saturated carbocycles. The molecule has 0 amide bonds. The van der Waals surface area contributed by atoms with Crippen molar-refractivity contribution in [3.8, 4) is 0 Å². The Morgan fingerprint density at radius 2 is 1.74 bits per heavy atom. The Hall–Kier alpha value is -1.19. The van der Waals surface area contributed by atoms with Crippen LogP contribution in [-0.2, 0) is 20.0 Å². The molecule has 1 N–H and O–H groups in total. The van der Waals surface area contributed by atoms with Crippen LogP contribution in [0.3, 0.4) is 0 Å². The average molecular weight is 364 g/mol. The number of anilines is 1. The predicted octanol–water partition coefficient (Wildman–Crippen LogP) is 2.15. The van der Waals surface area contributed by atoms with E-state index in [0.29, 0.717) is 0 Å². The van der Waals surface area contributed by atoms with E-state index in [-0.39, 0.29) is 11.7 Å². The lowest BCUT2D eigenvalue weighted by molar-refractivity contribution is 0.285. The van der Waals surface area contributed by atoms with E-state index in [4.69, 9.17) is 0 Å². The first-order valence-electron chi connectivity index (χ1n) is 7.36. The molecule has 1 aromatic rings. The molecule has 130 valence electrons. The summed E-state index contributed by atoms with van der Waals surface area (Å²) in [5.74, 6) is -0.971. The van der Waals surface area contributed by atoms with Gasteiger partial charge in [0.25, 0.3) is 0 Å². The van der Waals surface area contributed by atoms with Gasteiger partial charge >= 0.3 is 0 Å². The summed E-state index contributed by atoms with van der Waals surface area (Å²) < 4.78 is 65.0. The number of sulfonamides is 2. The van der Waals surface area contributed by atoms with Crippen LogP contribution in [0.2, 0.25) is 0 Å². The monoisotopic (exact) mass is 364 g/mol. The third-order valence-electron chi connectivity index (χ3n) is 3.98. The lowest BCUT2D eigenvalue weighted by Crippen LogP contribution is -2.38. The van der Waals surface area contributed by atoms with E-state index in [9.17, 15) is 21.2 Å². The molecule has 0 aromatic heterocycles. The molecule has 1 aliphatic carbocycles. The zero-order chi connectivity index (χ0) is 17.3. The van der Waals surface area contributed by atoms with Crippen molar-refractivity contribution in [1.82, 2.24) is 4.31 Å². The Bertz CT molecular complexity index is 772. The highest BCUT2D eigenvalue weighted by atomic mass is 32.2. The highest BCUT2D eigenvalue weighted by Crippen LogP contribution is 2.28. The summed E-state index contributed by atoms with van der Waals surface area (Å²) in [4.78, 5) is -0.440. The molecule has 0 heterocycles. The summed E-state index contributed by atoms with van der Waals surface area (Å²) in [5, 5.41) is 0. The van der Waals surface area contributed by atoms with Crippen LogP contribution < -0.4 is 4.72 Å². The van der Waals surface area contributed by atoms with Gasteiger partial charge in [0.2, 0.25) is 20.0 Å². The van der Waals surface area contributed by atoms with Crippen LogP contribution >= 0.6 is 0 Å². The molecular formula is C14H21FN2O4S2. The van der Waals surface area contributed by atoms with Crippen LogP contribution in [-0.4, -0.2) is 40.5 Å². The van der Waals surface area contributed by atoms with E-state index in [2.05, 4.69) is 4.72 Å². The van der Waals surface area contributed by atoms with Crippen molar-refractivity contribution >= 4 is 25.7 Å². The fourth-order valence-corrected chi connectivity index (χ4v) is 4.80. The maximum absolute atomic E-state index is 14.2. The van der Waals surface area contributed by atoms with Crippen molar-refractivity contribution in [2.45, 2.75) is 43.0 Å². The molecule has 1 aromatic carbocycles. The Morgan fingerprint density at radius 3 is 2.26 bits per heavy atom. The van der Waals surface area contributed by atoms with Gasteiger partial charge in [0.05, 0.1) is 11.9 Å². The molecule has 0 unspecified atom stereocenters. The van der Waals surface area contributed by atoms with E-state index < -0.39 is 30.8 Å². The molecule has 0 spiro atoms. The first-order chi connectivity index (χ1) is 10.6. The van der Waals surface area contributed by atoms with Crippen LogP contribution in [0.25, 0.3) is 0 Å². The maximum Gasteiger partial charge on any atom is 0.245 e. The second-order valence-electron chi connectivity index (χ2n) is 5.83. The maximum atomic E-state index is 14.2. The lowest BCUT2D eigenvalue weighted by Gasteiger charge is -2.30. The molecule has 0 aliphatic heterocycles. The van der Waals surface area contributed by atoms with Crippen LogP contribution in [0.1, 0.15) is 32.1 Å². The molecule has 6 nitrogen and oxygen atoms in total. The number of benzene rings is 1. The SMILES string of the molecule is CN(C1CCCCC1)S(=O)(=O)c1ccc(NS(C)(=O)=O)cc1F. The zero-order valence-corrected chi connectivity index (χ0v) is 14.8. The molecule has 1 fully saturated rings. The van der Waals surface area contributed by atoms with E-state index in [0.717, 1.165) is 50.5 Å². The van der Waals surface area contributed by atoms with Gasteiger partial charge in [-0.1, -0.05) is 19.3 Å². The number of halogens is 1.